The Labute approximate surface area is 105 Å². The third kappa shape index (κ3) is 8.68. The van der Waals surface area contributed by atoms with Crippen molar-refractivity contribution in [2.24, 2.45) is 0 Å². The summed E-state index contributed by atoms with van der Waals surface area (Å²) in [7, 11) is 0. The summed E-state index contributed by atoms with van der Waals surface area (Å²) in [4.78, 5) is 2.32. The first kappa shape index (κ1) is 15.7. The van der Waals surface area contributed by atoms with Crippen LogP contribution in [0, 0.1) is 0 Å². The molecule has 0 aromatic carbocycles. The minimum absolute atomic E-state index is 0.0943. The Morgan fingerprint density at radius 1 is 1.17 bits per heavy atom. The van der Waals surface area contributed by atoms with Crippen LogP contribution in [0.4, 0.5) is 13.2 Å². The second-order valence-electron chi connectivity index (χ2n) is 4.23. The van der Waals surface area contributed by atoms with Crippen molar-refractivity contribution in [1.82, 2.24) is 10.2 Å². The van der Waals surface area contributed by atoms with Crippen LogP contribution in [0.15, 0.2) is 0 Å². The summed E-state index contributed by atoms with van der Waals surface area (Å²) in [5.74, 6) is 0. The average Bonchev–Trinajstić information content (AvgIpc) is 2.32. The van der Waals surface area contributed by atoms with E-state index < -0.39 is 12.8 Å². The molecule has 4 nitrogen and oxygen atoms in total. The van der Waals surface area contributed by atoms with Gasteiger partial charge in [-0.15, -0.1) is 0 Å². The summed E-state index contributed by atoms with van der Waals surface area (Å²) in [6.07, 6.45) is -3.24. The maximum Gasteiger partial charge on any atom is 0.411 e. The van der Waals surface area contributed by atoms with Crippen LogP contribution in [0.25, 0.3) is 0 Å². The standard InChI is InChI=1S/C11H21F3N2O2/c12-11(13,14)10-18-7-3-15-2-1-4-16-5-8-17-9-6-16/h15H,1-10H2. The monoisotopic (exact) mass is 270 g/mol. The minimum Gasteiger partial charge on any atom is -0.379 e. The summed E-state index contributed by atoms with van der Waals surface area (Å²) in [5, 5.41) is 3.06. The molecule has 0 amide bonds. The third-order valence-corrected chi connectivity index (χ3v) is 2.62. The van der Waals surface area contributed by atoms with Crippen LogP contribution < -0.4 is 5.32 Å². The van der Waals surface area contributed by atoms with E-state index >= 15 is 0 Å². The fourth-order valence-corrected chi connectivity index (χ4v) is 1.71. The summed E-state index contributed by atoms with van der Waals surface area (Å²) < 4.78 is 44.9. The zero-order valence-corrected chi connectivity index (χ0v) is 10.5. The minimum atomic E-state index is -4.23. The molecule has 1 aliphatic heterocycles. The van der Waals surface area contributed by atoms with Crippen LogP contribution in [0.2, 0.25) is 0 Å². The van der Waals surface area contributed by atoms with Gasteiger partial charge in [-0.2, -0.15) is 13.2 Å². The molecular weight excluding hydrogens is 249 g/mol. The second kappa shape index (κ2) is 8.68. The summed E-state index contributed by atoms with van der Waals surface area (Å²) in [5.41, 5.74) is 0. The Bertz CT molecular complexity index is 209. The van der Waals surface area contributed by atoms with E-state index in [1.165, 1.54) is 0 Å². The molecule has 0 aliphatic carbocycles. The van der Waals surface area contributed by atoms with E-state index in [1.54, 1.807) is 0 Å². The maximum atomic E-state index is 11.7. The maximum absolute atomic E-state index is 11.7. The van der Waals surface area contributed by atoms with Gasteiger partial charge in [-0.05, 0) is 19.5 Å². The van der Waals surface area contributed by atoms with Gasteiger partial charge in [0, 0.05) is 19.6 Å². The molecule has 0 atom stereocenters. The molecule has 1 fully saturated rings. The highest BCUT2D eigenvalue weighted by atomic mass is 19.4. The predicted molar refractivity (Wildman–Crippen MR) is 61.6 cm³/mol. The SMILES string of the molecule is FC(F)(F)COCCNCCCN1CCOCC1. The molecule has 7 heteroatoms. The summed E-state index contributed by atoms with van der Waals surface area (Å²) >= 11 is 0. The molecule has 0 spiro atoms. The smallest absolute Gasteiger partial charge is 0.379 e. The highest BCUT2D eigenvalue weighted by molar-refractivity contribution is 4.62. The molecule has 0 bridgehead atoms. The summed E-state index contributed by atoms with van der Waals surface area (Å²) in [6, 6.07) is 0. The van der Waals surface area contributed by atoms with Gasteiger partial charge in [0.1, 0.15) is 6.61 Å². The van der Waals surface area contributed by atoms with Crippen molar-refractivity contribution in [3.63, 3.8) is 0 Å². The van der Waals surface area contributed by atoms with E-state index in [9.17, 15) is 13.2 Å². The highest BCUT2D eigenvalue weighted by Crippen LogP contribution is 2.13. The lowest BCUT2D eigenvalue weighted by atomic mass is 10.3. The highest BCUT2D eigenvalue weighted by Gasteiger charge is 2.27. The van der Waals surface area contributed by atoms with Gasteiger partial charge in [-0.3, -0.25) is 4.90 Å². The quantitative estimate of drug-likeness (QED) is 0.664. The van der Waals surface area contributed by atoms with Crippen molar-refractivity contribution in [3.05, 3.63) is 0 Å². The van der Waals surface area contributed by atoms with E-state index in [0.717, 1.165) is 45.8 Å². The van der Waals surface area contributed by atoms with E-state index in [1.807, 2.05) is 0 Å². The van der Waals surface area contributed by atoms with Gasteiger partial charge in [0.2, 0.25) is 0 Å². The lowest BCUT2D eigenvalue weighted by Gasteiger charge is -2.26. The zero-order chi connectivity index (χ0) is 13.3. The van der Waals surface area contributed by atoms with Gasteiger partial charge >= 0.3 is 6.18 Å². The van der Waals surface area contributed by atoms with Crippen molar-refractivity contribution >= 4 is 0 Å². The third-order valence-electron chi connectivity index (χ3n) is 2.62. The first-order chi connectivity index (χ1) is 8.58. The molecule has 0 aromatic heterocycles. The number of morpholine rings is 1. The molecule has 1 N–H and O–H groups in total. The number of halogens is 3. The first-order valence-corrected chi connectivity index (χ1v) is 6.23. The molecule has 18 heavy (non-hydrogen) atoms. The van der Waals surface area contributed by atoms with Crippen molar-refractivity contribution in [1.29, 1.82) is 0 Å². The average molecular weight is 270 g/mol. The van der Waals surface area contributed by atoms with E-state index in [2.05, 4.69) is 15.0 Å². The van der Waals surface area contributed by atoms with Gasteiger partial charge < -0.3 is 14.8 Å². The summed E-state index contributed by atoms with van der Waals surface area (Å²) in [6.45, 7) is 4.70. The Morgan fingerprint density at radius 3 is 2.56 bits per heavy atom. The Morgan fingerprint density at radius 2 is 1.89 bits per heavy atom. The van der Waals surface area contributed by atoms with E-state index in [4.69, 9.17) is 4.74 Å². The molecule has 0 radical (unpaired) electrons. The molecule has 108 valence electrons. The van der Waals surface area contributed by atoms with Gasteiger partial charge in [0.15, 0.2) is 0 Å². The van der Waals surface area contributed by atoms with Crippen LogP contribution in [0.3, 0.4) is 0 Å². The van der Waals surface area contributed by atoms with Crippen LogP contribution in [0.5, 0.6) is 0 Å². The molecule has 0 unspecified atom stereocenters. The van der Waals surface area contributed by atoms with Crippen LogP contribution in [-0.4, -0.2) is 70.2 Å². The number of nitrogens with one attached hydrogen (secondary N) is 1. The second-order valence-corrected chi connectivity index (χ2v) is 4.23. The molecule has 1 heterocycles. The lowest BCUT2D eigenvalue weighted by Crippen LogP contribution is -2.37. The van der Waals surface area contributed by atoms with Gasteiger partial charge in [0.05, 0.1) is 19.8 Å². The number of rotatable bonds is 8. The molecule has 1 saturated heterocycles. The number of ether oxygens (including phenoxy) is 2. The van der Waals surface area contributed by atoms with Crippen molar-refractivity contribution in [3.8, 4) is 0 Å². The molecule has 1 rings (SSSR count). The van der Waals surface area contributed by atoms with Gasteiger partial charge in [-0.1, -0.05) is 0 Å². The predicted octanol–water partition coefficient (Wildman–Crippen LogP) is 0.877. The zero-order valence-electron chi connectivity index (χ0n) is 10.5. The van der Waals surface area contributed by atoms with Crippen molar-refractivity contribution in [2.45, 2.75) is 12.6 Å². The van der Waals surface area contributed by atoms with Crippen LogP contribution >= 0.6 is 0 Å². The van der Waals surface area contributed by atoms with Crippen molar-refractivity contribution in [2.75, 3.05) is 59.2 Å². The fourth-order valence-electron chi connectivity index (χ4n) is 1.71. The van der Waals surface area contributed by atoms with Gasteiger partial charge in [0.25, 0.3) is 0 Å². The fraction of sp³-hybridized carbons (Fsp3) is 1.00. The van der Waals surface area contributed by atoms with E-state index in [-0.39, 0.29) is 6.61 Å². The molecule has 1 aliphatic rings. The lowest BCUT2D eigenvalue weighted by molar-refractivity contribution is -0.173. The number of alkyl halides is 3. The Kier molecular flexibility index (Phi) is 7.57. The largest absolute Gasteiger partial charge is 0.411 e. The Hall–Kier alpha value is -0.370. The normalized spacial score (nSPS) is 18.2. The van der Waals surface area contributed by atoms with E-state index in [0.29, 0.717) is 6.54 Å². The first-order valence-electron chi connectivity index (χ1n) is 6.23. The van der Waals surface area contributed by atoms with Crippen LogP contribution in [-0.2, 0) is 9.47 Å². The van der Waals surface area contributed by atoms with Gasteiger partial charge in [-0.25, -0.2) is 0 Å². The molecule has 0 saturated carbocycles. The van der Waals surface area contributed by atoms with Crippen LogP contribution in [0.1, 0.15) is 6.42 Å². The van der Waals surface area contributed by atoms with Crippen molar-refractivity contribution < 1.29 is 22.6 Å². The molecular formula is C11H21F3N2O2. The number of hydrogen-bond donors (Lipinski definition) is 1. The number of nitrogens with zero attached hydrogens (tertiary/aromatic N) is 1. The number of hydrogen-bond acceptors (Lipinski definition) is 4. The topological polar surface area (TPSA) is 33.7 Å². The molecule has 0 aromatic rings. The Balaban J connectivity index is 1.81.